The van der Waals surface area contributed by atoms with E-state index in [1.165, 1.54) is 0 Å². The highest BCUT2D eigenvalue weighted by Gasteiger charge is 2.24. The van der Waals surface area contributed by atoms with E-state index in [0.29, 0.717) is 24.8 Å². The van der Waals surface area contributed by atoms with Crippen molar-refractivity contribution in [3.63, 3.8) is 0 Å². The van der Waals surface area contributed by atoms with E-state index in [1.54, 1.807) is 6.07 Å². The topological polar surface area (TPSA) is 56.8 Å². The van der Waals surface area contributed by atoms with E-state index < -0.39 is 6.29 Å². The van der Waals surface area contributed by atoms with Gasteiger partial charge in [0.2, 0.25) is 5.91 Å². The molecular formula is C16H20ClNO4. The van der Waals surface area contributed by atoms with Crippen molar-refractivity contribution in [3.05, 3.63) is 28.8 Å². The minimum absolute atomic E-state index is 0.0640. The van der Waals surface area contributed by atoms with Crippen molar-refractivity contribution >= 4 is 17.5 Å². The standard InChI is InChI=1S/C16H20ClNO4/c17-11-4-5-12-13(3-1-6-20-14(12)9-11)18-15(19)10-16-21-7-2-8-22-16/h4-5,9,13,16H,1-3,6-8,10H2,(H,18,19)/t13-/m0/s1. The summed E-state index contributed by atoms with van der Waals surface area (Å²) in [4.78, 5) is 12.2. The van der Waals surface area contributed by atoms with Crippen molar-refractivity contribution < 1.29 is 19.0 Å². The molecular weight excluding hydrogens is 306 g/mol. The molecule has 5 nitrogen and oxygen atoms in total. The maximum absolute atomic E-state index is 12.2. The van der Waals surface area contributed by atoms with E-state index in [0.717, 1.165) is 30.6 Å². The summed E-state index contributed by atoms with van der Waals surface area (Å²) in [5, 5.41) is 3.69. The average Bonchev–Trinajstić information content (AvgIpc) is 2.70. The number of nitrogens with one attached hydrogen (secondary N) is 1. The van der Waals surface area contributed by atoms with Gasteiger partial charge in [0.25, 0.3) is 0 Å². The van der Waals surface area contributed by atoms with Crippen LogP contribution >= 0.6 is 11.6 Å². The molecule has 0 saturated carbocycles. The Morgan fingerprint density at radius 3 is 2.86 bits per heavy atom. The zero-order chi connectivity index (χ0) is 15.4. The second kappa shape index (κ2) is 7.31. The number of fused-ring (bicyclic) bond motifs is 1. The zero-order valence-electron chi connectivity index (χ0n) is 12.3. The Balaban J connectivity index is 1.65. The van der Waals surface area contributed by atoms with Gasteiger partial charge >= 0.3 is 0 Å². The van der Waals surface area contributed by atoms with Gasteiger partial charge in [-0.1, -0.05) is 17.7 Å². The van der Waals surface area contributed by atoms with Crippen LogP contribution in [0.25, 0.3) is 0 Å². The van der Waals surface area contributed by atoms with E-state index in [9.17, 15) is 4.79 Å². The molecule has 0 spiro atoms. The Morgan fingerprint density at radius 2 is 2.05 bits per heavy atom. The Labute approximate surface area is 134 Å². The molecule has 1 aromatic rings. The summed E-state index contributed by atoms with van der Waals surface area (Å²) in [5.41, 5.74) is 0.973. The number of ether oxygens (including phenoxy) is 3. The van der Waals surface area contributed by atoms with Gasteiger partial charge in [-0.05, 0) is 31.4 Å². The lowest BCUT2D eigenvalue weighted by molar-refractivity contribution is -0.184. The van der Waals surface area contributed by atoms with E-state index in [-0.39, 0.29) is 18.4 Å². The first kappa shape index (κ1) is 15.6. The monoisotopic (exact) mass is 325 g/mol. The molecule has 0 unspecified atom stereocenters. The Bertz CT molecular complexity index is 531. The van der Waals surface area contributed by atoms with Crippen molar-refractivity contribution in [1.29, 1.82) is 0 Å². The van der Waals surface area contributed by atoms with Gasteiger partial charge in [0.15, 0.2) is 6.29 Å². The number of hydrogen-bond donors (Lipinski definition) is 1. The molecule has 1 amide bonds. The molecule has 1 N–H and O–H groups in total. The predicted octanol–water partition coefficient (Wildman–Crippen LogP) is 2.82. The lowest BCUT2D eigenvalue weighted by atomic mass is 10.0. The summed E-state index contributed by atoms with van der Waals surface area (Å²) in [6.45, 7) is 1.93. The highest BCUT2D eigenvalue weighted by molar-refractivity contribution is 6.30. The van der Waals surface area contributed by atoms with Crippen LogP contribution in [0.15, 0.2) is 18.2 Å². The van der Waals surface area contributed by atoms with Gasteiger partial charge in [-0.3, -0.25) is 4.79 Å². The molecule has 2 aliphatic rings. The molecule has 0 radical (unpaired) electrons. The molecule has 0 aliphatic carbocycles. The fourth-order valence-corrected chi connectivity index (χ4v) is 2.92. The number of rotatable bonds is 3. The minimum Gasteiger partial charge on any atom is -0.493 e. The molecule has 2 aliphatic heterocycles. The predicted molar refractivity (Wildman–Crippen MR) is 82.0 cm³/mol. The van der Waals surface area contributed by atoms with Crippen molar-refractivity contribution in [2.24, 2.45) is 0 Å². The highest BCUT2D eigenvalue weighted by atomic mass is 35.5. The van der Waals surface area contributed by atoms with Crippen molar-refractivity contribution in [3.8, 4) is 5.75 Å². The van der Waals surface area contributed by atoms with Crippen LogP contribution in [0.3, 0.4) is 0 Å². The van der Waals surface area contributed by atoms with E-state index in [2.05, 4.69) is 5.32 Å². The first-order valence-electron chi connectivity index (χ1n) is 7.67. The number of hydrogen-bond acceptors (Lipinski definition) is 4. The second-order valence-electron chi connectivity index (χ2n) is 5.52. The van der Waals surface area contributed by atoms with Gasteiger partial charge in [0.05, 0.1) is 32.3 Å². The highest BCUT2D eigenvalue weighted by Crippen LogP contribution is 2.33. The lowest BCUT2D eigenvalue weighted by Gasteiger charge is -2.24. The van der Waals surface area contributed by atoms with Crippen LogP contribution in [-0.4, -0.2) is 32.0 Å². The average molecular weight is 326 g/mol. The molecule has 1 fully saturated rings. The summed E-state index contributed by atoms with van der Waals surface area (Å²) in [6.07, 6.45) is 2.40. The van der Waals surface area contributed by atoms with Crippen molar-refractivity contribution in [1.82, 2.24) is 5.32 Å². The van der Waals surface area contributed by atoms with Crippen LogP contribution < -0.4 is 10.1 Å². The molecule has 0 bridgehead atoms. The fraction of sp³-hybridized carbons (Fsp3) is 0.562. The summed E-state index contributed by atoms with van der Waals surface area (Å²) >= 11 is 6.01. The van der Waals surface area contributed by atoms with Crippen LogP contribution in [0.2, 0.25) is 5.02 Å². The third kappa shape index (κ3) is 3.91. The summed E-state index contributed by atoms with van der Waals surface area (Å²) < 4.78 is 16.6. The fourth-order valence-electron chi connectivity index (χ4n) is 2.76. The zero-order valence-corrected chi connectivity index (χ0v) is 13.1. The van der Waals surface area contributed by atoms with Gasteiger partial charge < -0.3 is 19.5 Å². The summed E-state index contributed by atoms with van der Waals surface area (Å²) in [5.74, 6) is 0.681. The van der Waals surface area contributed by atoms with Crippen molar-refractivity contribution in [2.75, 3.05) is 19.8 Å². The normalized spacial score (nSPS) is 22.3. The summed E-state index contributed by atoms with van der Waals surface area (Å²) in [7, 11) is 0. The van der Waals surface area contributed by atoms with Gasteiger partial charge in [-0.15, -0.1) is 0 Å². The number of halogens is 1. The Kier molecular flexibility index (Phi) is 5.18. The van der Waals surface area contributed by atoms with Crippen LogP contribution in [0, 0.1) is 0 Å². The maximum Gasteiger partial charge on any atom is 0.225 e. The molecule has 2 heterocycles. The molecule has 1 atom stereocenters. The SMILES string of the molecule is O=C(CC1OCCCO1)N[C@H]1CCCOc2cc(Cl)ccc21. The Hall–Kier alpha value is -1.30. The first-order valence-corrected chi connectivity index (χ1v) is 8.05. The van der Waals surface area contributed by atoms with Crippen molar-refractivity contribution in [2.45, 2.75) is 38.0 Å². The van der Waals surface area contributed by atoms with Gasteiger partial charge in [0.1, 0.15) is 5.75 Å². The van der Waals surface area contributed by atoms with Crippen LogP contribution in [0.4, 0.5) is 0 Å². The third-order valence-corrected chi connectivity index (χ3v) is 4.06. The van der Waals surface area contributed by atoms with Crippen LogP contribution in [0.1, 0.15) is 37.3 Å². The van der Waals surface area contributed by atoms with Crippen LogP contribution in [0.5, 0.6) is 5.75 Å². The van der Waals surface area contributed by atoms with E-state index >= 15 is 0 Å². The first-order chi connectivity index (χ1) is 10.7. The maximum atomic E-state index is 12.2. The number of carbonyl (C=O) groups is 1. The van der Waals surface area contributed by atoms with Crippen LogP contribution in [-0.2, 0) is 14.3 Å². The molecule has 0 aromatic heterocycles. The quantitative estimate of drug-likeness (QED) is 0.928. The van der Waals surface area contributed by atoms with E-state index in [4.69, 9.17) is 25.8 Å². The van der Waals surface area contributed by atoms with Gasteiger partial charge in [-0.2, -0.15) is 0 Å². The molecule has 6 heteroatoms. The minimum atomic E-state index is -0.430. The van der Waals surface area contributed by atoms with Gasteiger partial charge in [0, 0.05) is 10.6 Å². The number of carbonyl (C=O) groups excluding carboxylic acids is 1. The molecule has 1 saturated heterocycles. The molecule has 120 valence electrons. The third-order valence-electron chi connectivity index (χ3n) is 3.83. The molecule has 3 rings (SSSR count). The Morgan fingerprint density at radius 1 is 1.23 bits per heavy atom. The number of benzene rings is 1. The molecule has 1 aromatic carbocycles. The largest absolute Gasteiger partial charge is 0.493 e. The van der Waals surface area contributed by atoms with Gasteiger partial charge in [-0.25, -0.2) is 0 Å². The van der Waals surface area contributed by atoms with E-state index in [1.807, 2.05) is 12.1 Å². The summed E-state index contributed by atoms with van der Waals surface area (Å²) in [6, 6.07) is 5.48. The smallest absolute Gasteiger partial charge is 0.225 e. The second-order valence-corrected chi connectivity index (χ2v) is 5.96. The number of amides is 1. The molecule has 22 heavy (non-hydrogen) atoms. The lowest BCUT2D eigenvalue weighted by Crippen LogP contribution is -2.34.